The van der Waals surface area contributed by atoms with Gasteiger partial charge in [0.15, 0.2) is 0 Å². The number of aromatic amines is 1. The minimum atomic E-state index is -0.637. The second kappa shape index (κ2) is 7.27. The maximum Gasteiger partial charge on any atom is 0.230 e. The SMILES string of the molecule is CC(C)CCNC(=O)[C@H]1[C@H]2C=C[C@]3(CN(CCc4c[nH]c5ccccc45)C(=O)[C@@H]13)O2. The average Bonchev–Trinajstić information content (AvgIpc) is 3.46. The number of nitrogens with zero attached hydrogens (tertiary/aromatic N) is 1. The largest absolute Gasteiger partial charge is 0.361 e. The Morgan fingerprint density at radius 2 is 2.20 bits per heavy atom. The van der Waals surface area contributed by atoms with Crippen molar-refractivity contribution in [3.8, 4) is 0 Å². The summed E-state index contributed by atoms with van der Waals surface area (Å²) < 4.78 is 6.21. The zero-order chi connectivity index (χ0) is 20.9. The third-order valence-electron chi connectivity index (χ3n) is 6.83. The van der Waals surface area contributed by atoms with E-state index in [0.717, 1.165) is 18.4 Å². The van der Waals surface area contributed by atoms with Gasteiger partial charge >= 0.3 is 0 Å². The number of para-hydroxylation sites is 1. The minimum Gasteiger partial charge on any atom is -0.361 e. The molecule has 3 aliphatic rings. The molecule has 0 saturated carbocycles. The van der Waals surface area contributed by atoms with E-state index in [9.17, 15) is 9.59 Å². The van der Waals surface area contributed by atoms with E-state index in [1.807, 2.05) is 35.4 Å². The highest BCUT2D eigenvalue weighted by molar-refractivity contribution is 5.93. The number of carbonyl (C=O) groups excluding carboxylic acids is 2. The summed E-state index contributed by atoms with van der Waals surface area (Å²) in [5.41, 5.74) is 1.68. The van der Waals surface area contributed by atoms with Crippen molar-refractivity contribution in [1.29, 1.82) is 0 Å². The van der Waals surface area contributed by atoms with Crippen LogP contribution in [0.1, 0.15) is 25.8 Å². The Hall–Kier alpha value is -2.60. The predicted molar refractivity (Wildman–Crippen MR) is 115 cm³/mol. The topological polar surface area (TPSA) is 74.4 Å². The van der Waals surface area contributed by atoms with Crippen LogP contribution in [0.15, 0.2) is 42.6 Å². The summed E-state index contributed by atoms with van der Waals surface area (Å²) in [6, 6.07) is 8.21. The molecule has 6 nitrogen and oxygen atoms in total. The van der Waals surface area contributed by atoms with E-state index >= 15 is 0 Å². The van der Waals surface area contributed by atoms with Crippen LogP contribution in [0.5, 0.6) is 0 Å². The molecule has 2 aromatic rings. The Morgan fingerprint density at radius 1 is 1.37 bits per heavy atom. The molecule has 6 heteroatoms. The summed E-state index contributed by atoms with van der Waals surface area (Å²) in [7, 11) is 0. The van der Waals surface area contributed by atoms with Crippen molar-refractivity contribution in [2.24, 2.45) is 17.8 Å². The highest BCUT2D eigenvalue weighted by atomic mass is 16.5. The average molecular weight is 408 g/mol. The first-order valence-corrected chi connectivity index (χ1v) is 11.0. The van der Waals surface area contributed by atoms with Crippen molar-refractivity contribution in [2.45, 2.75) is 38.4 Å². The number of carbonyl (C=O) groups is 2. The standard InChI is InChI=1S/C24H29N3O3/c1-15(2)8-11-25-22(28)20-19-7-10-24(30-19)14-27(23(29)21(20)24)12-9-16-13-26-18-6-4-3-5-17(16)18/h3-7,10,13,15,19-21,26H,8-9,11-12,14H2,1-2H3,(H,25,28)/t19-,20+,21-,24-/m1/s1. The van der Waals surface area contributed by atoms with Crippen LogP contribution in [0, 0.1) is 17.8 Å². The highest BCUT2D eigenvalue weighted by Crippen LogP contribution is 2.51. The molecule has 1 spiro atoms. The molecule has 30 heavy (non-hydrogen) atoms. The molecule has 2 N–H and O–H groups in total. The Kier molecular flexibility index (Phi) is 4.69. The van der Waals surface area contributed by atoms with E-state index in [1.165, 1.54) is 10.9 Å². The molecule has 1 aromatic carbocycles. The Bertz CT molecular complexity index is 1010. The number of ether oxygens (including phenoxy) is 1. The van der Waals surface area contributed by atoms with Crippen molar-refractivity contribution in [3.05, 3.63) is 48.2 Å². The van der Waals surface area contributed by atoms with Gasteiger partial charge in [0.25, 0.3) is 0 Å². The lowest BCUT2D eigenvalue weighted by atomic mass is 9.77. The third kappa shape index (κ3) is 3.05. The van der Waals surface area contributed by atoms with Crippen molar-refractivity contribution in [3.63, 3.8) is 0 Å². The molecule has 0 aliphatic carbocycles. The number of fused-ring (bicyclic) bond motifs is 2. The molecule has 4 atom stereocenters. The maximum atomic E-state index is 13.3. The number of likely N-dealkylation sites (tertiary alicyclic amines) is 1. The van der Waals surface area contributed by atoms with Gasteiger partial charge in [0, 0.05) is 30.2 Å². The Balaban J connectivity index is 1.29. The van der Waals surface area contributed by atoms with Gasteiger partial charge < -0.3 is 19.9 Å². The van der Waals surface area contributed by atoms with Gasteiger partial charge in [0.2, 0.25) is 11.8 Å². The Labute approximate surface area is 176 Å². The molecule has 3 aliphatic heterocycles. The van der Waals surface area contributed by atoms with Gasteiger partial charge in [0.1, 0.15) is 5.60 Å². The third-order valence-corrected chi connectivity index (χ3v) is 6.83. The lowest BCUT2D eigenvalue weighted by molar-refractivity contribution is -0.137. The number of rotatable bonds is 7. The fraction of sp³-hybridized carbons (Fsp3) is 0.500. The van der Waals surface area contributed by atoms with Gasteiger partial charge in [0.05, 0.1) is 24.5 Å². The first-order chi connectivity index (χ1) is 14.5. The van der Waals surface area contributed by atoms with Crippen molar-refractivity contribution >= 4 is 22.7 Å². The molecule has 2 amide bonds. The van der Waals surface area contributed by atoms with Crippen molar-refractivity contribution in [2.75, 3.05) is 19.6 Å². The van der Waals surface area contributed by atoms with Gasteiger partial charge in [-0.05, 0) is 30.4 Å². The zero-order valence-electron chi connectivity index (χ0n) is 17.6. The molecule has 158 valence electrons. The van der Waals surface area contributed by atoms with E-state index in [0.29, 0.717) is 25.6 Å². The Morgan fingerprint density at radius 3 is 3.03 bits per heavy atom. The number of benzene rings is 1. The quantitative estimate of drug-likeness (QED) is 0.693. The van der Waals surface area contributed by atoms with Crippen LogP contribution < -0.4 is 5.32 Å². The normalized spacial score (nSPS) is 29.4. The predicted octanol–water partition coefficient (Wildman–Crippen LogP) is 2.65. The molecule has 0 radical (unpaired) electrons. The van der Waals surface area contributed by atoms with Crippen LogP contribution in [-0.4, -0.2) is 53.0 Å². The lowest BCUT2D eigenvalue weighted by Gasteiger charge is -2.23. The van der Waals surface area contributed by atoms with Crippen LogP contribution in [-0.2, 0) is 20.7 Å². The summed E-state index contributed by atoms with van der Waals surface area (Å²) >= 11 is 0. The first-order valence-electron chi connectivity index (χ1n) is 11.0. The number of hydrogen-bond acceptors (Lipinski definition) is 3. The second-order valence-corrected chi connectivity index (χ2v) is 9.24. The van der Waals surface area contributed by atoms with Crippen LogP contribution >= 0.6 is 0 Å². The van der Waals surface area contributed by atoms with Crippen LogP contribution in [0.2, 0.25) is 0 Å². The molecule has 0 unspecified atom stereocenters. The molecule has 1 aromatic heterocycles. The van der Waals surface area contributed by atoms with E-state index in [-0.39, 0.29) is 17.9 Å². The molecule has 2 bridgehead atoms. The van der Waals surface area contributed by atoms with Crippen LogP contribution in [0.4, 0.5) is 0 Å². The fourth-order valence-corrected chi connectivity index (χ4v) is 5.26. The van der Waals surface area contributed by atoms with E-state index < -0.39 is 17.4 Å². The maximum absolute atomic E-state index is 13.3. The van der Waals surface area contributed by atoms with Gasteiger partial charge in [-0.25, -0.2) is 0 Å². The molecule has 4 heterocycles. The summed E-state index contributed by atoms with van der Waals surface area (Å²) in [6.07, 6.45) is 7.44. The number of amides is 2. The van der Waals surface area contributed by atoms with E-state index in [4.69, 9.17) is 4.74 Å². The van der Waals surface area contributed by atoms with Crippen LogP contribution in [0.25, 0.3) is 10.9 Å². The zero-order valence-corrected chi connectivity index (χ0v) is 17.6. The van der Waals surface area contributed by atoms with Gasteiger partial charge in [-0.2, -0.15) is 0 Å². The molecular weight excluding hydrogens is 378 g/mol. The van der Waals surface area contributed by atoms with Crippen molar-refractivity contribution < 1.29 is 14.3 Å². The van der Waals surface area contributed by atoms with Crippen molar-refractivity contribution in [1.82, 2.24) is 15.2 Å². The van der Waals surface area contributed by atoms with Gasteiger partial charge in [-0.3, -0.25) is 9.59 Å². The van der Waals surface area contributed by atoms with E-state index in [2.05, 4.69) is 36.3 Å². The minimum absolute atomic E-state index is 0.0469. The highest BCUT2D eigenvalue weighted by Gasteiger charge is 2.66. The van der Waals surface area contributed by atoms with Gasteiger partial charge in [-0.15, -0.1) is 0 Å². The smallest absolute Gasteiger partial charge is 0.230 e. The lowest BCUT2D eigenvalue weighted by Crippen LogP contribution is -2.44. The monoisotopic (exact) mass is 407 g/mol. The first kappa shape index (κ1) is 19.4. The molecule has 2 saturated heterocycles. The summed E-state index contributed by atoms with van der Waals surface area (Å²) in [5.74, 6) is -0.308. The number of hydrogen-bond donors (Lipinski definition) is 2. The molecule has 2 fully saturated rings. The second-order valence-electron chi connectivity index (χ2n) is 9.24. The summed E-state index contributed by atoms with van der Waals surface area (Å²) in [4.78, 5) is 31.4. The van der Waals surface area contributed by atoms with Gasteiger partial charge in [-0.1, -0.05) is 44.2 Å². The number of aromatic nitrogens is 1. The van der Waals surface area contributed by atoms with E-state index in [1.54, 1.807) is 0 Å². The van der Waals surface area contributed by atoms with Crippen LogP contribution in [0.3, 0.4) is 0 Å². The molecule has 5 rings (SSSR count). The fourth-order valence-electron chi connectivity index (χ4n) is 5.26. The number of nitrogens with one attached hydrogen (secondary N) is 2. The summed E-state index contributed by atoms with van der Waals surface area (Å²) in [5, 5.41) is 4.23. The summed E-state index contributed by atoms with van der Waals surface area (Å²) in [6.45, 7) is 6.07. The number of H-pyrrole nitrogens is 1. The molecular formula is C24H29N3O3.